The molecule has 0 bridgehead atoms. The van der Waals surface area contributed by atoms with E-state index in [-0.39, 0.29) is 0 Å². The number of nitrogens with zero attached hydrogens (tertiary/aromatic N) is 2. The summed E-state index contributed by atoms with van der Waals surface area (Å²) in [6.45, 7) is 8.79. The van der Waals surface area contributed by atoms with Gasteiger partial charge in [0.2, 0.25) is 0 Å². The second-order valence-electron chi connectivity index (χ2n) is 5.26. The Kier molecular flexibility index (Phi) is 4.21. The number of nitrogens with one attached hydrogen (secondary N) is 1. The molecule has 0 aliphatic heterocycles. The molecule has 2 rings (SSSR count). The van der Waals surface area contributed by atoms with Gasteiger partial charge in [0, 0.05) is 24.3 Å². The van der Waals surface area contributed by atoms with Gasteiger partial charge in [0.25, 0.3) is 0 Å². The van der Waals surface area contributed by atoms with Crippen LogP contribution in [-0.4, -0.2) is 16.3 Å². The van der Waals surface area contributed by atoms with E-state index in [4.69, 9.17) is 0 Å². The van der Waals surface area contributed by atoms with Gasteiger partial charge in [0.05, 0.1) is 6.20 Å². The lowest BCUT2D eigenvalue weighted by Gasteiger charge is -2.24. The molecule has 1 saturated carbocycles. The first-order valence-electron chi connectivity index (χ1n) is 7.02. The highest BCUT2D eigenvalue weighted by atomic mass is 15.3. The first-order chi connectivity index (χ1) is 8.26. The summed E-state index contributed by atoms with van der Waals surface area (Å²) in [7, 11) is 0. The average Bonchev–Trinajstić information content (AvgIpc) is 3.09. The van der Waals surface area contributed by atoms with Crippen molar-refractivity contribution in [1.82, 2.24) is 15.1 Å². The highest BCUT2D eigenvalue weighted by Crippen LogP contribution is 2.42. The normalized spacial score (nSPS) is 19.2. The number of hydrogen-bond acceptors (Lipinski definition) is 2. The fraction of sp³-hybridized carbons (Fsp3) is 0.786. The van der Waals surface area contributed by atoms with Crippen LogP contribution in [0.15, 0.2) is 12.4 Å². The lowest BCUT2D eigenvalue weighted by molar-refractivity contribution is 0.349. The maximum atomic E-state index is 4.40. The van der Waals surface area contributed by atoms with Gasteiger partial charge in [-0.2, -0.15) is 5.10 Å². The summed E-state index contributed by atoms with van der Waals surface area (Å²) in [5.74, 6) is 1.66. The molecule has 0 radical (unpaired) electrons. The largest absolute Gasteiger partial charge is 0.310 e. The third-order valence-electron chi connectivity index (χ3n) is 3.84. The summed E-state index contributed by atoms with van der Waals surface area (Å²) in [5.41, 5.74) is 1.36. The van der Waals surface area contributed by atoms with Gasteiger partial charge in [0.1, 0.15) is 0 Å². The Morgan fingerprint density at radius 3 is 2.76 bits per heavy atom. The minimum Gasteiger partial charge on any atom is -0.310 e. The van der Waals surface area contributed by atoms with Crippen molar-refractivity contribution in [1.29, 1.82) is 0 Å². The number of aryl methyl sites for hydroxylation is 1. The summed E-state index contributed by atoms with van der Waals surface area (Å²) < 4.78 is 2.02. The Morgan fingerprint density at radius 2 is 2.24 bits per heavy atom. The van der Waals surface area contributed by atoms with Gasteiger partial charge >= 0.3 is 0 Å². The van der Waals surface area contributed by atoms with Gasteiger partial charge in [-0.1, -0.05) is 13.8 Å². The van der Waals surface area contributed by atoms with E-state index in [2.05, 4.69) is 37.4 Å². The zero-order chi connectivity index (χ0) is 12.3. The fourth-order valence-corrected chi connectivity index (χ4v) is 2.51. The van der Waals surface area contributed by atoms with Crippen LogP contribution < -0.4 is 5.32 Å². The molecule has 0 amide bonds. The van der Waals surface area contributed by atoms with Crippen molar-refractivity contribution in [2.45, 2.75) is 52.6 Å². The monoisotopic (exact) mass is 235 g/mol. The average molecular weight is 235 g/mol. The number of hydrogen-bond donors (Lipinski definition) is 1. The summed E-state index contributed by atoms with van der Waals surface area (Å²) in [6, 6.07) is 0.489. The first-order valence-corrected chi connectivity index (χ1v) is 7.02. The lowest BCUT2D eigenvalue weighted by Crippen LogP contribution is -2.28. The molecule has 1 aliphatic carbocycles. The third-order valence-corrected chi connectivity index (χ3v) is 3.84. The van der Waals surface area contributed by atoms with Crippen LogP contribution in [0.25, 0.3) is 0 Å². The molecule has 1 aliphatic rings. The molecular weight excluding hydrogens is 210 g/mol. The van der Waals surface area contributed by atoms with Gasteiger partial charge in [-0.25, -0.2) is 0 Å². The predicted octanol–water partition coefficient (Wildman–Crippen LogP) is 2.99. The second-order valence-corrected chi connectivity index (χ2v) is 5.26. The molecule has 1 heterocycles. The summed E-state index contributed by atoms with van der Waals surface area (Å²) >= 11 is 0. The molecule has 0 aromatic carbocycles. The van der Waals surface area contributed by atoms with Crippen LogP contribution in [0, 0.1) is 11.8 Å². The van der Waals surface area contributed by atoms with Crippen LogP contribution in [0.2, 0.25) is 0 Å². The van der Waals surface area contributed by atoms with Gasteiger partial charge in [-0.05, 0) is 44.6 Å². The molecule has 1 N–H and O–H groups in total. The predicted molar refractivity (Wildman–Crippen MR) is 70.8 cm³/mol. The Morgan fingerprint density at radius 1 is 1.47 bits per heavy atom. The van der Waals surface area contributed by atoms with E-state index in [1.165, 1.54) is 24.8 Å². The summed E-state index contributed by atoms with van der Waals surface area (Å²) in [4.78, 5) is 0. The molecule has 1 aromatic rings. The fourth-order valence-electron chi connectivity index (χ4n) is 2.51. The SMILES string of the molecule is CCCNC(c1cnn(CC)c1)C(C)C1CC1. The minimum atomic E-state index is 0.489. The molecular formula is C14H25N3. The number of rotatable bonds is 7. The summed E-state index contributed by atoms with van der Waals surface area (Å²) in [6.07, 6.45) is 8.25. The van der Waals surface area contributed by atoms with Gasteiger partial charge < -0.3 is 5.32 Å². The molecule has 2 unspecified atom stereocenters. The van der Waals surface area contributed by atoms with E-state index in [1.807, 2.05) is 10.9 Å². The zero-order valence-corrected chi connectivity index (χ0v) is 11.3. The van der Waals surface area contributed by atoms with E-state index in [0.29, 0.717) is 6.04 Å². The highest BCUT2D eigenvalue weighted by molar-refractivity contribution is 5.13. The van der Waals surface area contributed by atoms with Gasteiger partial charge in [-0.3, -0.25) is 4.68 Å². The van der Waals surface area contributed by atoms with E-state index < -0.39 is 0 Å². The molecule has 2 atom stereocenters. The molecule has 1 aromatic heterocycles. The highest BCUT2D eigenvalue weighted by Gasteiger charge is 2.34. The standard InChI is InChI=1S/C14H25N3/c1-4-8-15-14(11(3)12-6-7-12)13-9-16-17(5-2)10-13/h9-12,14-15H,4-8H2,1-3H3. The Labute approximate surface area is 105 Å². The van der Waals surface area contributed by atoms with Crippen molar-refractivity contribution in [3.8, 4) is 0 Å². The van der Waals surface area contributed by atoms with Crippen molar-refractivity contribution in [3.05, 3.63) is 18.0 Å². The van der Waals surface area contributed by atoms with Crippen molar-refractivity contribution in [2.75, 3.05) is 6.54 Å². The third kappa shape index (κ3) is 3.09. The van der Waals surface area contributed by atoms with E-state index in [1.54, 1.807) is 0 Å². The van der Waals surface area contributed by atoms with Crippen LogP contribution in [0.4, 0.5) is 0 Å². The maximum absolute atomic E-state index is 4.40. The van der Waals surface area contributed by atoms with Crippen LogP contribution in [-0.2, 0) is 6.54 Å². The van der Waals surface area contributed by atoms with Crippen LogP contribution >= 0.6 is 0 Å². The van der Waals surface area contributed by atoms with Crippen molar-refractivity contribution in [2.24, 2.45) is 11.8 Å². The Balaban J connectivity index is 2.07. The van der Waals surface area contributed by atoms with Crippen LogP contribution in [0.1, 0.15) is 51.6 Å². The molecule has 0 saturated heterocycles. The van der Waals surface area contributed by atoms with E-state index in [9.17, 15) is 0 Å². The smallest absolute Gasteiger partial charge is 0.0537 e. The van der Waals surface area contributed by atoms with Crippen LogP contribution in [0.3, 0.4) is 0 Å². The van der Waals surface area contributed by atoms with Crippen molar-refractivity contribution in [3.63, 3.8) is 0 Å². The van der Waals surface area contributed by atoms with Gasteiger partial charge in [-0.15, -0.1) is 0 Å². The Bertz CT molecular complexity index is 341. The minimum absolute atomic E-state index is 0.489. The maximum Gasteiger partial charge on any atom is 0.0537 e. The topological polar surface area (TPSA) is 29.9 Å². The van der Waals surface area contributed by atoms with Gasteiger partial charge in [0.15, 0.2) is 0 Å². The lowest BCUT2D eigenvalue weighted by atomic mass is 9.92. The second kappa shape index (κ2) is 5.67. The summed E-state index contributed by atoms with van der Waals surface area (Å²) in [5, 5.41) is 8.09. The molecule has 1 fully saturated rings. The molecule has 0 spiro atoms. The first kappa shape index (κ1) is 12.6. The van der Waals surface area contributed by atoms with E-state index in [0.717, 1.165) is 24.9 Å². The van der Waals surface area contributed by atoms with Crippen LogP contribution in [0.5, 0.6) is 0 Å². The van der Waals surface area contributed by atoms with Crippen molar-refractivity contribution >= 4 is 0 Å². The van der Waals surface area contributed by atoms with Crippen molar-refractivity contribution < 1.29 is 0 Å². The quantitative estimate of drug-likeness (QED) is 0.787. The molecule has 3 nitrogen and oxygen atoms in total. The van der Waals surface area contributed by atoms with E-state index >= 15 is 0 Å². The Hall–Kier alpha value is -0.830. The molecule has 17 heavy (non-hydrogen) atoms. The molecule has 3 heteroatoms. The zero-order valence-electron chi connectivity index (χ0n) is 11.3. The molecule has 96 valence electrons. The number of aromatic nitrogens is 2.